The maximum atomic E-state index is 12.5. The smallest absolute Gasteiger partial charge is 0.192 e. The van der Waals surface area contributed by atoms with Crippen molar-refractivity contribution in [2.45, 2.75) is 107 Å². The molecule has 2 bridgehead atoms. The minimum absolute atomic E-state index is 0.0650. The summed E-state index contributed by atoms with van der Waals surface area (Å²) >= 11 is 0. The van der Waals surface area contributed by atoms with Gasteiger partial charge in [-0.1, -0.05) is 32.9 Å². The third-order valence-electron chi connectivity index (χ3n) is 9.86. The summed E-state index contributed by atoms with van der Waals surface area (Å²) in [5, 5.41) is 12.7. The van der Waals surface area contributed by atoms with Crippen molar-refractivity contribution in [3.63, 3.8) is 0 Å². The first-order chi connectivity index (χ1) is 14.6. The molecule has 4 nitrogen and oxygen atoms in total. The molecule has 0 aromatic heterocycles. The van der Waals surface area contributed by atoms with Crippen LogP contribution >= 0.6 is 0 Å². The first kappa shape index (κ1) is 20.7. The number of hydrogen-bond donors (Lipinski definition) is 1. The van der Waals surface area contributed by atoms with Gasteiger partial charge < -0.3 is 14.3 Å². The fourth-order valence-electron chi connectivity index (χ4n) is 7.08. The van der Waals surface area contributed by atoms with Crippen molar-refractivity contribution in [2.75, 3.05) is 13.1 Å². The Labute approximate surface area is 188 Å². The molecule has 5 aliphatic rings. The number of piperidine rings is 1. The van der Waals surface area contributed by atoms with E-state index in [0.717, 1.165) is 50.4 Å². The van der Waals surface area contributed by atoms with Crippen LogP contribution in [0.15, 0.2) is 18.2 Å². The molecule has 5 heteroatoms. The largest absolute Gasteiger partial charge is 0.486 e. The molecule has 31 heavy (non-hydrogen) atoms. The van der Waals surface area contributed by atoms with Crippen molar-refractivity contribution in [1.29, 1.82) is 0 Å². The highest BCUT2D eigenvalue weighted by atomic mass is 28.4. The van der Waals surface area contributed by atoms with Crippen LogP contribution in [0.1, 0.15) is 64.0 Å². The number of benzene rings is 1. The van der Waals surface area contributed by atoms with Gasteiger partial charge in [0, 0.05) is 18.2 Å². The Balaban J connectivity index is 1.43. The molecule has 2 saturated carbocycles. The van der Waals surface area contributed by atoms with Crippen molar-refractivity contribution in [2.24, 2.45) is 5.92 Å². The molecule has 2 heterocycles. The summed E-state index contributed by atoms with van der Waals surface area (Å²) in [7, 11) is -1.94. The van der Waals surface area contributed by atoms with Gasteiger partial charge in [-0.3, -0.25) is 4.90 Å². The Morgan fingerprint density at radius 1 is 1.19 bits per heavy atom. The minimum atomic E-state index is -1.94. The normalized spacial score (nSPS) is 39.2. The highest BCUT2D eigenvalue weighted by Gasteiger charge is 2.73. The Hall–Kier alpha value is -0.883. The summed E-state index contributed by atoms with van der Waals surface area (Å²) in [6.45, 7) is 13.9. The quantitative estimate of drug-likeness (QED) is 0.691. The maximum Gasteiger partial charge on any atom is 0.192 e. The predicted octanol–water partition coefficient (Wildman–Crippen LogP) is 4.64. The molecule has 1 N–H and O–H groups in total. The summed E-state index contributed by atoms with van der Waals surface area (Å²) in [5.41, 5.74) is 1.71. The summed E-state index contributed by atoms with van der Waals surface area (Å²) in [5.74, 6) is 1.86. The van der Waals surface area contributed by atoms with Gasteiger partial charge >= 0.3 is 0 Å². The topological polar surface area (TPSA) is 41.9 Å². The van der Waals surface area contributed by atoms with Gasteiger partial charge in [0.05, 0.1) is 17.1 Å². The van der Waals surface area contributed by atoms with E-state index in [-0.39, 0.29) is 28.7 Å². The first-order valence-corrected chi connectivity index (χ1v) is 15.4. The molecule has 170 valence electrons. The Morgan fingerprint density at radius 3 is 2.68 bits per heavy atom. The maximum absolute atomic E-state index is 12.5. The highest BCUT2D eigenvalue weighted by molar-refractivity contribution is 6.74. The molecule has 1 aromatic rings. The number of aliphatic hydroxyl groups is 1. The molecule has 0 radical (unpaired) electrons. The minimum Gasteiger partial charge on any atom is -0.486 e. The Bertz CT molecular complexity index is 906. The van der Waals surface area contributed by atoms with E-state index in [0.29, 0.717) is 0 Å². The van der Waals surface area contributed by atoms with E-state index in [1.807, 2.05) is 0 Å². The Morgan fingerprint density at radius 2 is 1.97 bits per heavy atom. The molecule has 0 amide bonds. The molecule has 3 fully saturated rings. The molecule has 1 aromatic carbocycles. The van der Waals surface area contributed by atoms with Gasteiger partial charge in [0.25, 0.3) is 0 Å². The van der Waals surface area contributed by atoms with Crippen molar-refractivity contribution in [3.05, 3.63) is 29.3 Å². The van der Waals surface area contributed by atoms with E-state index in [1.54, 1.807) is 0 Å². The van der Waals surface area contributed by atoms with Crippen LogP contribution < -0.4 is 4.74 Å². The standard InChI is InChI=1S/C26H39NO3Si/c1-24(2,3)31(4,5)30-20-11-12-26(28)21-15-18-7-6-8-19-22(18)25(26,23(20)29-19)13-14-27(21)16-17-9-10-17/h6-8,17,20-21,23,28H,9-16H2,1-5H3/t20-,21+,23-,25+,26+/m0/s1. The van der Waals surface area contributed by atoms with Crippen LogP contribution in [0.3, 0.4) is 0 Å². The molecular weight excluding hydrogens is 402 g/mol. The third-order valence-corrected chi connectivity index (χ3v) is 14.4. The molecule has 6 rings (SSSR count). The third kappa shape index (κ3) is 2.70. The lowest BCUT2D eigenvalue weighted by molar-refractivity contribution is -0.206. The van der Waals surface area contributed by atoms with Gasteiger partial charge in [0.15, 0.2) is 8.32 Å². The average Bonchev–Trinajstić information content (AvgIpc) is 3.42. The lowest BCUT2D eigenvalue weighted by atomic mass is 9.48. The predicted molar refractivity (Wildman–Crippen MR) is 125 cm³/mol. The van der Waals surface area contributed by atoms with Gasteiger partial charge in [-0.2, -0.15) is 0 Å². The van der Waals surface area contributed by atoms with Crippen LogP contribution in [0.2, 0.25) is 18.1 Å². The van der Waals surface area contributed by atoms with E-state index in [4.69, 9.17) is 9.16 Å². The summed E-state index contributed by atoms with van der Waals surface area (Å²) in [6, 6.07) is 6.78. The number of likely N-dealkylation sites (tertiary alicyclic amines) is 1. The first-order valence-electron chi connectivity index (χ1n) is 12.5. The summed E-state index contributed by atoms with van der Waals surface area (Å²) < 4.78 is 13.8. The molecule has 3 aliphatic carbocycles. The SMILES string of the molecule is CC(C)(C)[Si](C)(C)O[C@H]1CC[C@@]2(O)[C@H]3Cc4cccc5c4[C@]2(CCN3CC2CC2)[C@H]1O5. The van der Waals surface area contributed by atoms with Crippen molar-refractivity contribution >= 4 is 8.32 Å². The summed E-state index contributed by atoms with van der Waals surface area (Å²) in [6.07, 6.45) is 6.39. The average molecular weight is 442 g/mol. The zero-order valence-corrected chi connectivity index (χ0v) is 20.9. The van der Waals surface area contributed by atoms with Crippen LogP contribution in [-0.4, -0.2) is 55.3 Å². The second kappa shape index (κ2) is 6.37. The van der Waals surface area contributed by atoms with E-state index in [1.165, 1.54) is 24.0 Å². The lowest BCUT2D eigenvalue weighted by Gasteiger charge is -2.64. The molecule has 0 unspecified atom stereocenters. The van der Waals surface area contributed by atoms with E-state index in [9.17, 15) is 5.11 Å². The zero-order chi connectivity index (χ0) is 21.8. The number of hydrogen-bond acceptors (Lipinski definition) is 4. The van der Waals surface area contributed by atoms with Gasteiger partial charge in [0.1, 0.15) is 11.9 Å². The van der Waals surface area contributed by atoms with Crippen molar-refractivity contribution in [1.82, 2.24) is 4.90 Å². The second-order valence-corrected chi connectivity index (χ2v) is 17.3. The molecular formula is C26H39NO3Si. The van der Waals surface area contributed by atoms with Crippen LogP contribution in [0.4, 0.5) is 0 Å². The fourth-order valence-corrected chi connectivity index (χ4v) is 8.43. The second-order valence-electron chi connectivity index (χ2n) is 12.6. The van der Waals surface area contributed by atoms with Gasteiger partial charge in [-0.05, 0) is 80.7 Å². The van der Waals surface area contributed by atoms with Gasteiger partial charge in [0.2, 0.25) is 0 Å². The number of nitrogens with zero attached hydrogens (tertiary/aromatic N) is 1. The number of ether oxygens (including phenoxy) is 1. The van der Waals surface area contributed by atoms with E-state index < -0.39 is 13.9 Å². The van der Waals surface area contributed by atoms with Crippen molar-refractivity contribution in [3.8, 4) is 5.75 Å². The molecule has 2 aliphatic heterocycles. The Kier molecular flexibility index (Phi) is 4.25. The summed E-state index contributed by atoms with van der Waals surface area (Å²) in [4.78, 5) is 2.64. The molecule has 1 spiro atoms. The number of rotatable bonds is 4. The van der Waals surface area contributed by atoms with Gasteiger partial charge in [-0.25, -0.2) is 0 Å². The van der Waals surface area contributed by atoms with Crippen LogP contribution in [0.25, 0.3) is 0 Å². The van der Waals surface area contributed by atoms with Crippen LogP contribution in [-0.2, 0) is 16.3 Å². The van der Waals surface area contributed by atoms with Crippen LogP contribution in [0.5, 0.6) is 5.75 Å². The lowest BCUT2D eigenvalue weighted by Crippen LogP contribution is -2.77. The molecule has 5 atom stereocenters. The van der Waals surface area contributed by atoms with Crippen molar-refractivity contribution < 1.29 is 14.3 Å². The zero-order valence-electron chi connectivity index (χ0n) is 19.9. The highest BCUT2D eigenvalue weighted by Crippen LogP contribution is 2.64. The monoisotopic (exact) mass is 441 g/mol. The van der Waals surface area contributed by atoms with Gasteiger partial charge in [-0.15, -0.1) is 0 Å². The van der Waals surface area contributed by atoms with E-state index >= 15 is 0 Å². The molecule has 1 saturated heterocycles. The fraction of sp³-hybridized carbons (Fsp3) is 0.769. The van der Waals surface area contributed by atoms with Crippen LogP contribution in [0, 0.1) is 5.92 Å². The van der Waals surface area contributed by atoms with E-state index in [2.05, 4.69) is 57.0 Å².